The Bertz CT molecular complexity index is 1020. The lowest BCUT2D eigenvalue weighted by molar-refractivity contribution is 0.132. The van der Waals surface area contributed by atoms with Gasteiger partial charge in [0, 0.05) is 18.8 Å². The van der Waals surface area contributed by atoms with Gasteiger partial charge in [-0.25, -0.2) is 14.9 Å². The van der Waals surface area contributed by atoms with Crippen LogP contribution in [-0.2, 0) is 6.54 Å². The van der Waals surface area contributed by atoms with Gasteiger partial charge in [-0.1, -0.05) is 12.5 Å². The van der Waals surface area contributed by atoms with Crippen molar-refractivity contribution < 1.29 is 0 Å². The molecule has 0 aliphatic carbocycles. The lowest BCUT2D eigenvalue weighted by Gasteiger charge is -2.33. The van der Waals surface area contributed by atoms with Crippen molar-refractivity contribution in [2.45, 2.75) is 38.8 Å². The number of nitrogens with zero attached hydrogens (tertiary/aromatic N) is 4. The van der Waals surface area contributed by atoms with Gasteiger partial charge < -0.3 is 0 Å². The van der Waals surface area contributed by atoms with E-state index in [1.807, 2.05) is 19.1 Å². The number of aromatic nitrogens is 5. The van der Waals surface area contributed by atoms with Gasteiger partial charge in [0.15, 0.2) is 0 Å². The summed E-state index contributed by atoms with van der Waals surface area (Å²) in [5.41, 5.74) is 2.03. The second-order valence-corrected chi connectivity index (χ2v) is 6.57. The second-order valence-electron chi connectivity index (χ2n) is 6.57. The van der Waals surface area contributed by atoms with Crippen molar-refractivity contribution >= 4 is 5.65 Å². The van der Waals surface area contributed by atoms with E-state index in [-0.39, 0.29) is 17.3 Å². The number of fused-ring (bicyclic) bond motifs is 1. The molecule has 4 heterocycles. The topological polar surface area (TPSA) is 99.2 Å². The van der Waals surface area contributed by atoms with E-state index >= 15 is 0 Å². The van der Waals surface area contributed by atoms with Crippen molar-refractivity contribution in [3.8, 4) is 0 Å². The highest BCUT2D eigenvalue weighted by Gasteiger charge is 2.27. The van der Waals surface area contributed by atoms with Crippen LogP contribution >= 0.6 is 0 Å². The molecule has 2 N–H and O–H groups in total. The van der Waals surface area contributed by atoms with E-state index in [4.69, 9.17) is 0 Å². The number of hydrogen-bond acceptors (Lipinski definition) is 5. The number of hydrogen-bond donors (Lipinski definition) is 2. The monoisotopic (exact) mass is 340 g/mol. The highest BCUT2D eigenvalue weighted by Crippen LogP contribution is 2.29. The van der Waals surface area contributed by atoms with Crippen LogP contribution in [0.15, 0.2) is 34.0 Å². The van der Waals surface area contributed by atoms with Crippen molar-refractivity contribution in [2.24, 2.45) is 0 Å². The van der Waals surface area contributed by atoms with Crippen LogP contribution in [0.25, 0.3) is 5.65 Å². The van der Waals surface area contributed by atoms with Gasteiger partial charge in [-0.2, -0.15) is 5.10 Å². The molecular weight excluding hydrogens is 320 g/mol. The zero-order valence-corrected chi connectivity index (χ0v) is 14.0. The zero-order chi connectivity index (χ0) is 17.4. The standard InChI is InChI=1S/C17H20N6O2/c1-11-5-6-14-18-12(8-15(24)23(14)9-11)10-22-7-3-2-4-13(22)16-19-17(25)21-20-16/h5-6,8-9,13H,2-4,7,10H2,1H3,(H2,19,20,21,25). The maximum absolute atomic E-state index is 12.4. The van der Waals surface area contributed by atoms with Gasteiger partial charge in [0.25, 0.3) is 5.56 Å². The Morgan fingerprint density at radius 2 is 2.16 bits per heavy atom. The molecule has 0 saturated carbocycles. The van der Waals surface area contributed by atoms with E-state index in [9.17, 15) is 9.59 Å². The SMILES string of the molecule is Cc1ccc2nc(CN3CCCCC3c3n[nH]c(=O)[nH]3)cc(=O)n2c1. The van der Waals surface area contributed by atoms with Crippen LogP contribution in [-0.4, -0.2) is 36.0 Å². The van der Waals surface area contributed by atoms with Crippen LogP contribution in [0.1, 0.15) is 42.4 Å². The van der Waals surface area contributed by atoms with Gasteiger partial charge in [-0.3, -0.25) is 19.1 Å². The van der Waals surface area contributed by atoms with Crippen molar-refractivity contribution in [3.63, 3.8) is 0 Å². The van der Waals surface area contributed by atoms with Crippen molar-refractivity contribution in [2.75, 3.05) is 6.54 Å². The Balaban J connectivity index is 1.65. The van der Waals surface area contributed by atoms with Crippen LogP contribution in [0.4, 0.5) is 0 Å². The minimum Gasteiger partial charge on any atom is -0.292 e. The van der Waals surface area contributed by atoms with Crippen LogP contribution in [0, 0.1) is 6.92 Å². The molecule has 3 aromatic heterocycles. The molecule has 3 aromatic rings. The van der Waals surface area contributed by atoms with Crippen LogP contribution < -0.4 is 11.2 Å². The summed E-state index contributed by atoms with van der Waals surface area (Å²) in [4.78, 5) is 33.4. The summed E-state index contributed by atoms with van der Waals surface area (Å²) in [6, 6.07) is 5.43. The largest absolute Gasteiger partial charge is 0.340 e. The zero-order valence-electron chi connectivity index (χ0n) is 14.0. The average Bonchev–Trinajstić information content (AvgIpc) is 3.02. The van der Waals surface area contributed by atoms with Gasteiger partial charge in [0.2, 0.25) is 0 Å². The summed E-state index contributed by atoms with van der Waals surface area (Å²) in [6.07, 6.45) is 4.89. The number of aromatic amines is 2. The van der Waals surface area contributed by atoms with Crippen molar-refractivity contribution in [1.82, 2.24) is 29.5 Å². The predicted octanol–water partition coefficient (Wildman–Crippen LogP) is 1.14. The third-order valence-electron chi connectivity index (χ3n) is 4.67. The molecule has 0 radical (unpaired) electrons. The fourth-order valence-electron chi connectivity index (χ4n) is 3.48. The Labute approximate surface area is 143 Å². The maximum atomic E-state index is 12.4. The number of nitrogens with one attached hydrogen (secondary N) is 2. The molecule has 1 aliphatic rings. The van der Waals surface area contributed by atoms with Crippen LogP contribution in [0.3, 0.4) is 0 Å². The first-order valence-corrected chi connectivity index (χ1v) is 8.48. The van der Waals surface area contributed by atoms with E-state index in [1.165, 1.54) is 0 Å². The van der Waals surface area contributed by atoms with Crippen molar-refractivity contribution in [3.05, 3.63) is 62.3 Å². The molecule has 0 aromatic carbocycles. The third kappa shape index (κ3) is 3.12. The first-order valence-electron chi connectivity index (χ1n) is 8.48. The van der Waals surface area contributed by atoms with E-state index in [2.05, 4.69) is 25.1 Å². The Hall–Kier alpha value is -2.74. The summed E-state index contributed by atoms with van der Waals surface area (Å²) in [5, 5.41) is 6.52. The second kappa shape index (κ2) is 6.29. The summed E-state index contributed by atoms with van der Waals surface area (Å²) in [5.74, 6) is 0.651. The summed E-state index contributed by atoms with van der Waals surface area (Å²) < 4.78 is 1.57. The molecule has 8 heteroatoms. The first kappa shape index (κ1) is 15.8. The maximum Gasteiger partial charge on any atom is 0.340 e. The normalized spacial score (nSPS) is 18.7. The smallest absolute Gasteiger partial charge is 0.292 e. The lowest BCUT2D eigenvalue weighted by atomic mass is 10.0. The Kier molecular flexibility index (Phi) is 3.96. The number of rotatable bonds is 3. The summed E-state index contributed by atoms with van der Waals surface area (Å²) in [6.45, 7) is 3.39. The molecule has 8 nitrogen and oxygen atoms in total. The van der Waals surface area contributed by atoms with E-state index in [1.54, 1.807) is 16.7 Å². The van der Waals surface area contributed by atoms with E-state index < -0.39 is 0 Å². The van der Waals surface area contributed by atoms with Gasteiger partial charge in [-0.05, 0) is 37.9 Å². The number of pyridine rings is 1. The number of H-pyrrole nitrogens is 2. The number of likely N-dealkylation sites (tertiary alicyclic amines) is 1. The quantitative estimate of drug-likeness (QED) is 0.745. The minimum atomic E-state index is -0.294. The fraction of sp³-hybridized carbons (Fsp3) is 0.412. The van der Waals surface area contributed by atoms with Gasteiger partial charge in [-0.15, -0.1) is 0 Å². The van der Waals surface area contributed by atoms with E-state index in [0.29, 0.717) is 18.0 Å². The molecule has 4 rings (SSSR count). The first-order chi connectivity index (χ1) is 12.1. The summed E-state index contributed by atoms with van der Waals surface area (Å²) >= 11 is 0. The van der Waals surface area contributed by atoms with Crippen molar-refractivity contribution in [1.29, 1.82) is 0 Å². The molecule has 1 aliphatic heterocycles. The molecule has 1 atom stereocenters. The van der Waals surface area contributed by atoms with Gasteiger partial charge in [0.05, 0.1) is 11.7 Å². The Morgan fingerprint density at radius 1 is 1.28 bits per heavy atom. The van der Waals surface area contributed by atoms with Gasteiger partial charge >= 0.3 is 5.69 Å². The van der Waals surface area contributed by atoms with Crippen LogP contribution in [0.2, 0.25) is 0 Å². The highest BCUT2D eigenvalue weighted by molar-refractivity contribution is 5.39. The predicted molar refractivity (Wildman–Crippen MR) is 92.4 cm³/mol. The number of piperidine rings is 1. The lowest BCUT2D eigenvalue weighted by Crippen LogP contribution is -2.34. The molecule has 25 heavy (non-hydrogen) atoms. The molecule has 130 valence electrons. The minimum absolute atomic E-state index is 0.0333. The highest BCUT2D eigenvalue weighted by atomic mass is 16.1. The third-order valence-corrected chi connectivity index (χ3v) is 4.67. The molecule has 1 unspecified atom stereocenters. The molecular formula is C17H20N6O2. The molecule has 0 amide bonds. The Morgan fingerprint density at radius 3 is 2.96 bits per heavy atom. The van der Waals surface area contributed by atoms with Gasteiger partial charge in [0.1, 0.15) is 11.5 Å². The summed E-state index contributed by atoms with van der Waals surface area (Å²) in [7, 11) is 0. The average molecular weight is 340 g/mol. The fourth-order valence-corrected chi connectivity index (χ4v) is 3.48. The number of aryl methyl sites for hydroxylation is 1. The molecule has 1 saturated heterocycles. The van der Waals surface area contributed by atoms with E-state index in [0.717, 1.165) is 37.1 Å². The molecule has 0 bridgehead atoms. The molecule has 0 spiro atoms. The molecule has 1 fully saturated rings. The van der Waals surface area contributed by atoms with Crippen LogP contribution in [0.5, 0.6) is 0 Å².